The molecular weight excluding hydrogens is 166 g/mol. The van der Waals surface area contributed by atoms with E-state index in [4.69, 9.17) is 0 Å². The Balaban J connectivity index is 2.87. The molecule has 1 N–H and O–H groups in total. The molecule has 1 atom stereocenters. The van der Waals surface area contributed by atoms with Crippen LogP contribution in [0.1, 0.15) is 33.0 Å². The number of aromatic nitrogens is 3. The fourth-order valence-electron chi connectivity index (χ4n) is 1.73. The number of nitrogens with zero attached hydrogens (tertiary/aromatic N) is 3. The molecule has 4 heteroatoms. The van der Waals surface area contributed by atoms with Crippen LogP contribution in [0.5, 0.6) is 0 Å². The summed E-state index contributed by atoms with van der Waals surface area (Å²) in [5, 5.41) is 17.2. The molecule has 1 unspecified atom stereocenters. The Kier molecular flexibility index (Phi) is 2.71. The zero-order valence-corrected chi connectivity index (χ0v) is 8.65. The number of hydrogen-bond donors (Lipinski definition) is 1. The Morgan fingerprint density at radius 2 is 2.23 bits per heavy atom. The molecule has 0 aliphatic rings. The topological polar surface area (TPSA) is 50.9 Å². The van der Waals surface area contributed by atoms with E-state index in [-0.39, 0.29) is 11.5 Å². The molecule has 0 aliphatic carbocycles. The number of aliphatic hydroxyl groups excluding tert-OH is 1. The molecule has 0 bridgehead atoms. The predicted molar refractivity (Wildman–Crippen MR) is 50.3 cm³/mol. The molecule has 0 radical (unpaired) electrons. The minimum absolute atomic E-state index is 0.126. The summed E-state index contributed by atoms with van der Waals surface area (Å²) in [6.45, 7) is 5.91. The van der Waals surface area contributed by atoms with E-state index in [0.717, 1.165) is 5.82 Å². The zero-order valence-electron chi connectivity index (χ0n) is 8.65. The largest absolute Gasteiger partial charge is 0.393 e. The highest BCUT2D eigenvalue weighted by atomic mass is 16.3. The summed E-state index contributed by atoms with van der Waals surface area (Å²) in [6.07, 6.45) is 2.06. The fourth-order valence-corrected chi connectivity index (χ4v) is 1.73. The molecule has 0 aromatic carbocycles. The highest BCUT2D eigenvalue weighted by Gasteiger charge is 2.27. The second-order valence-electron chi connectivity index (χ2n) is 4.20. The molecule has 13 heavy (non-hydrogen) atoms. The van der Waals surface area contributed by atoms with E-state index in [1.54, 1.807) is 13.3 Å². The predicted octanol–water partition coefficient (Wildman–Crippen LogP) is 0.864. The van der Waals surface area contributed by atoms with Crippen molar-refractivity contribution in [3.8, 4) is 0 Å². The van der Waals surface area contributed by atoms with Gasteiger partial charge in [0.25, 0.3) is 0 Å². The first-order chi connectivity index (χ1) is 5.93. The van der Waals surface area contributed by atoms with Crippen LogP contribution in [0.4, 0.5) is 0 Å². The lowest BCUT2D eigenvalue weighted by Gasteiger charge is -2.24. The lowest BCUT2D eigenvalue weighted by atomic mass is 9.86. The van der Waals surface area contributed by atoms with Crippen LogP contribution in [0.25, 0.3) is 0 Å². The lowest BCUT2D eigenvalue weighted by Crippen LogP contribution is -2.26. The number of hydrogen-bond acceptors (Lipinski definition) is 3. The van der Waals surface area contributed by atoms with Gasteiger partial charge in [-0.15, -0.1) is 10.2 Å². The van der Waals surface area contributed by atoms with Crippen LogP contribution in [0.3, 0.4) is 0 Å². The van der Waals surface area contributed by atoms with Crippen molar-refractivity contribution < 1.29 is 5.11 Å². The number of aryl methyl sites for hydroxylation is 1. The van der Waals surface area contributed by atoms with Crippen LogP contribution in [-0.4, -0.2) is 26.0 Å². The lowest BCUT2D eigenvalue weighted by molar-refractivity contribution is 0.153. The summed E-state index contributed by atoms with van der Waals surface area (Å²) >= 11 is 0. The minimum Gasteiger partial charge on any atom is -0.393 e. The summed E-state index contributed by atoms with van der Waals surface area (Å²) in [6, 6.07) is 0. The Morgan fingerprint density at radius 3 is 2.62 bits per heavy atom. The molecule has 1 rings (SSSR count). The first-order valence-corrected chi connectivity index (χ1v) is 4.46. The van der Waals surface area contributed by atoms with Crippen molar-refractivity contribution in [3.63, 3.8) is 0 Å². The Bertz CT molecular complexity index is 278. The van der Waals surface area contributed by atoms with E-state index in [1.165, 1.54) is 0 Å². The third-order valence-electron chi connectivity index (χ3n) is 2.12. The fraction of sp³-hybridized carbons (Fsp3) is 0.778. The molecule has 1 heterocycles. The van der Waals surface area contributed by atoms with Gasteiger partial charge in [-0.3, -0.25) is 0 Å². The summed E-state index contributed by atoms with van der Waals surface area (Å²) in [4.78, 5) is 0. The van der Waals surface area contributed by atoms with E-state index in [9.17, 15) is 5.11 Å². The smallest absolute Gasteiger partial charge is 0.138 e. The van der Waals surface area contributed by atoms with Crippen LogP contribution in [0.15, 0.2) is 6.33 Å². The van der Waals surface area contributed by atoms with E-state index in [2.05, 4.69) is 24.0 Å². The number of aliphatic hydroxyl groups is 1. The van der Waals surface area contributed by atoms with Crippen molar-refractivity contribution >= 4 is 0 Å². The molecule has 0 spiro atoms. The zero-order chi connectivity index (χ0) is 10.1. The molecule has 0 saturated heterocycles. The van der Waals surface area contributed by atoms with Crippen LogP contribution in [0.2, 0.25) is 0 Å². The second kappa shape index (κ2) is 3.46. The van der Waals surface area contributed by atoms with E-state index < -0.39 is 0 Å². The van der Waals surface area contributed by atoms with Crippen LogP contribution in [0, 0.1) is 0 Å². The Hall–Kier alpha value is -0.900. The van der Waals surface area contributed by atoms with E-state index in [0.29, 0.717) is 6.42 Å². The van der Waals surface area contributed by atoms with Gasteiger partial charge in [-0.05, 0) is 13.3 Å². The van der Waals surface area contributed by atoms with Crippen molar-refractivity contribution in [2.45, 2.75) is 38.7 Å². The van der Waals surface area contributed by atoms with Gasteiger partial charge in [-0.2, -0.15) is 0 Å². The molecule has 4 nitrogen and oxygen atoms in total. The highest BCUT2D eigenvalue weighted by Crippen LogP contribution is 2.25. The molecule has 0 amide bonds. The van der Waals surface area contributed by atoms with Gasteiger partial charge in [0.1, 0.15) is 12.2 Å². The van der Waals surface area contributed by atoms with Crippen molar-refractivity contribution in [1.29, 1.82) is 0 Å². The third kappa shape index (κ3) is 2.28. The van der Waals surface area contributed by atoms with Crippen LogP contribution in [-0.2, 0) is 12.5 Å². The van der Waals surface area contributed by atoms with Crippen LogP contribution >= 0.6 is 0 Å². The quantitative estimate of drug-likeness (QED) is 0.756. The summed E-state index contributed by atoms with van der Waals surface area (Å²) < 4.78 is 1.89. The van der Waals surface area contributed by atoms with Gasteiger partial charge in [0.15, 0.2) is 0 Å². The van der Waals surface area contributed by atoms with Crippen molar-refractivity contribution in [2.24, 2.45) is 7.05 Å². The van der Waals surface area contributed by atoms with Gasteiger partial charge >= 0.3 is 0 Å². The molecule has 1 aromatic rings. The Morgan fingerprint density at radius 1 is 1.62 bits per heavy atom. The molecular formula is C9H17N3O. The SMILES string of the molecule is CC(O)CC(C)(C)c1nncn1C. The average Bonchev–Trinajstić information content (AvgIpc) is 2.32. The summed E-state index contributed by atoms with van der Waals surface area (Å²) in [5.41, 5.74) is -0.126. The minimum atomic E-state index is -0.313. The average molecular weight is 183 g/mol. The maximum Gasteiger partial charge on any atom is 0.138 e. The summed E-state index contributed by atoms with van der Waals surface area (Å²) in [5.74, 6) is 0.911. The first kappa shape index (κ1) is 10.2. The molecule has 0 aliphatic heterocycles. The monoisotopic (exact) mass is 183 g/mol. The van der Waals surface area contributed by atoms with Gasteiger partial charge in [0, 0.05) is 12.5 Å². The normalized spacial score (nSPS) is 14.5. The van der Waals surface area contributed by atoms with Gasteiger partial charge in [0.05, 0.1) is 6.10 Å². The second-order valence-corrected chi connectivity index (χ2v) is 4.20. The number of rotatable bonds is 3. The van der Waals surface area contributed by atoms with E-state index in [1.807, 2.05) is 11.6 Å². The summed E-state index contributed by atoms with van der Waals surface area (Å²) in [7, 11) is 1.92. The van der Waals surface area contributed by atoms with Gasteiger partial charge in [-0.25, -0.2) is 0 Å². The van der Waals surface area contributed by atoms with E-state index >= 15 is 0 Å². The van der Waals surface area contributed by atoms with Crippen molar-refractivity contribution in [2.75, 3.05) is 0 Å². The molecule has 0 fully saturated rings. The highest BCUT2D eigenvalue weighted by molar-refractivity contribution is 5.03. The molecule has 1 aromatic heterocycles. The molecule has 74 valence electrons. The maximum absolute atomic E-state index is 9.32. The van der Waals surface area contributed by atoms with Gasteiger partial charge in [-0.1, -0.05) is 13.8 Å². The van der Waals surface area contributed by atoms with Crippen molar-refractivity contribution in [3.05, 3.63) is 12.2 Å². The molecule has 0 saturated carbocycles. The third-order valence-corrected chi connectivity index (χ3v) is 2.12. The standard InChI is InChI=1S/C9H17N3O/c1-7(13)5-9(2,3)8-11-10-6-12(8)4/h6-7,13H,5H2,1-4H3. The van der Waals surface area contributed by atoms with Crippen molar-refractivity contribution in [1.82, 2.24) is 14.8 Å². The van der Waals surface area contributed by atoms with Crippen LogP contribution < -0.4 is 0 Å². The first-order valence-electron chi connectivity index (χ1n) is 4.46. The maximum atomic E-state index is 9.32. The Labute approximate surface area is 78.6 Å². The van der Waals surface area contributed by atoms with Gasteiger partial charge in [0.2, 0.25) is 0 Å². The van der Waals surface area contributed by atoms with Gasteiger partial charge < -0.3 is 9.67 Å².